The van der Waals surface area contributed by atoms with E-state index >= 15 is 0 Å². The van der Waals surface area contributed by atoms with Gasteiger partial charge in [-0.3, -0.25) is 0 Å². The van der Waals surface area contributed by atoms with Crippen LogP contribution in [0.4, 0.5) is 11.5 Å². The molecule has 2 rings (SSSR count). The zero-order valence-corrected chi connectivity index (χ0v) is 13.4. The first kappa shape index (κ1) is 15.5. The first-order valence-corrected chi connectivity index (χ1v) is 7.97. The Kier molecular flexibility index (Phi) is 4.29. The number of aromatic nitrogens is 1. The minimum absolute atomic E-state index is 0.179. The number of nitrogens with one attached hydrogen (secondary N) is 1. The van der Waals surface area contributed by atoms with Crippen molar-refractivity contribution in [2.45, 2.75) is 18.7 Å². The number of benzene rings is 1. The van der Waals surface area contributed by atoms with Crippen LogP contribution in [0.25, 0.3) is 0 Å². The highest BCUT2D eigenvalue weighted by Crippen LogP contribution is 2.19. The molecule has 1 heterocycles. The van der Waals surface area contributed by atoms with E-state index in [0.717, 1.165) is 16.8 Å². The molecule has 0 spiro atoms. The Labute approximate surface area is 125 Å². The van der Waals surface area contributed by atoms with Gasteiger partial charge in [0.05, 0.1) is 0 Å². The highest BCUT2D eigenvalue weighted by molar-refractivity contribution is 7.89. The van der Waals surface area contributed by atoms with Crippen LogP contribution in [0.15, 0.2) is 41.4 Å². The summed E-state index contributed by atoms with van der Waals surface area (Å²) in [4.78, 5) is 4.34. The monoisotopic (exact) mass is 305 g/mol. The van der Waals surface area contributed by atoms with Gasteiger partial charge in [0.1, 0.15) is 10.7 Å². The van der Waals surface area contributed by atoms with Crippen LogP contribution in [0.2, 0.25) is 0 Å². The average Bonchev–Trinajstić information content (AvgIpc) is 2.37. The van der Waals surface area contributed by atoms with Gasteiger partial charge in [-0.1, -0.05) is 6.07 Å². The SMILES string of the molecule is Cc1cc(C)cc(Nc2ccc(S(=O)(=O)N(C)C)cn2)c1. The average molecular weight is 305 g/mol. The lowest BCUT2D eigenvalue weighted by molar-refractivity contribution is 0.520. The molecule has 1 N–H and O–H groups in total. The number of aryl methyl sites for hydroxylation is 2. The van der Waals surface area contributed by atoms with Crippen LogP contribution in [0, 0.1) is 13.8 Å². The van der Waals surface area contributed by atoms with Gasteiger partial charge in [0.15, 0.2) is 0 Å². The summed E-state index contributed by atoms with van der Waals surface area (Å²) >= 11 is 0. The van der Waals surface area contributed by atoms with E-state index in [1.807, 2.05) is 26.0 Å². The summed E-state index contributed by atoms with van der Waals surface area (Å²) in [6.07, 6.45) is 1.36. The topological polar surface area (TPSA) is 62.3 Å². The van der Waals surface area contributed by atoms with Crippen LogP contribution in [-0.4, -0.2) is 31.8 Å². The van der Waals surface area contributed by atoms with E-state index in [1.165, 1.54) is 24.6 Å². The summed E-state index contributed by atoms with van der Waals surface area (Å²) in [6.45, 7) is 4.05. The van der Waals surface area contributed by atoms with E-state index in [2.05, 4.69) is 16.4 Å². The lowest BCUT2D eigenvalue weighted by Gasteiger charge is -2.12. The van der Waals surface area contributed by atoms with E-state index in [1.54, 1.807) is 12.1 Å². The Morgan fingerprint density at radius 3 is 2.14 bits per heavy atom. The van der Waals surface area contributed by atoms with Gasteiger partial charge < -0.3 is 5.32 Å². The minimum Gasteiger partial charge on any atom is -0.340 e. The summed E-state index contributed by atoms with van der Waals surface area (Å²) in [7, 11) is -0.443. The molecule has 0 aliphatic carbocycles. The van der Waals surface area contributed by atoms with E-state index in [0.29, 0.717) is 5.82 Å². The number of nitrogens with zero attached hydrogens (tertiary/aromatic N) is 2. The lowest BCUT2D eigenvalue weighted by atomic mass is 10.1. The zero-order chi connectivity index (χ0) is 15.6. The minimum atomic E-state index is -3.44. The fraction of sp³-hybridized carbons (Fsp3) is 0.267. The van der Waals surface area contributed by atoms with Crippen molar-refractivity contribution in [2.24, 2.45) is 0 Å². The molecule has 6 heteroatoms. The number of rotatable bonds is 4. The Morgan fingerprint density at radius 2 is 1.67 bits per heavy atom. The van der Waals surface area contributed by atoms with Crippen molar-refractivity contribution in [3.63, 3.8) is 0 Å². The molecule has 112 valence electrons. The molecule has 21 heavy (non-hydrogen) atoms. The molecule has 5 nitrogen and oxygen atoms in total. The molecule has 0 aliphatic heterocycles. The molecule has 1 aromatic heterocycles. The molecule has 1 aromatic carbocycles. The van der Waals surface area contributed by atoms with Crippen LogP contribution in [0.3, 0.4) is 0 Å². The standard InChI is InChI=1S/C15H19N3O2S/c1-11-7-12(2)9-13(8-11)17-15-6-5-14(10-16-15)21(19,20)18(3)4/h5-10H,1-4H3,(H,16,17). The normalized spacial score (nSPS) is 11.7. The van der Waals surface area contributed by atoms with Gasteiger partial charge in [0.2, 0.25) is 10.0 Å². The zero-order valence-electron chi connectivity index (χ0n) is 12.6. The molecule has 2 aromatic rings. The maximum Gasteiger partial charge on any atom is 0.244 e. The molecular weight excluding hydrogens is 286 g/mol. The summed E-state index contributed by atoms with van der Waals surface area (Å²) in [5.41, 5.74) is 3.25. The second-order valence-corrected chi connectivity index (χ2v) is 7.32. The first-order valence-electron chi connectivity index (χ1n) is 6.53. The number of pyridine rings is 1. The van der Waals surface area contributed by atoms with Gasteiger partial charge in [0.25, 0.3) is 0 Å². The maximum atomic E-state index is 12.0. The van der Waals surface area contributed by atoms with Crippen molar-refractivity contribution in [3.05, 3.63) is 47.7 Å². The van der Waals surface area contributed by atoms with Gasteiger partial charge in [-0.15, -0.1) is 0 Å². The molecule has 0 bridgehead atoms. The quantitative estimate of drug-likeness (QED) is 0.943. The molecular formula is C15H19N3O2S. The second-order valence-electron chi connectivity index (χ2n) is 5.17. The number of sulfonamides is 1. The third-order valence-electron chi connectivity index (χ3n) is 3.01. The van der Waals surface area contributed by atoms with Gasteiger partial charge in [-0.2, -0.15) is 0 Å². The Hall–Kier alpha value is -1.92. The van der Waals surface area contributed by atoms with Crippen molar-refractivity contribution in [1.29, 1.82) is 0 Å². The first-order chi connectivity index (χ1) is 9.79. The smallest absolute Gasteiger partial charge is 0.244 e. The Balaban J connectivity index is 2.24. The summed E-state index contributed by atoms with van der Waals surface area (Å²) in [6, 6.07) is 9.32. The van der Waals surface area contributed by atoms with E-state index in [4.69, 9.17) is 0 Å². The van der Waals surface area contributed by atoms with Crippen molar-refractivity contribution in [2.75, 3.05) is 19.4 Å². The van der Waals surface area contributed by atoms with Crippen LogP contribution >= 0.6 is 0 Å². The number of hydrogen-bond donors (Lipinski definition) is 1. The van der Waals surface area contributed by atoms with E-state index in [9.17, 15) is 8.42 Å². The van der Waals surface area contributed by atoms with Gasteiger partial charge in [-0.05, 0) is 49.2 Å². The second kappa shape index (κ2) is 5.83. The van der Waals surface area contributed by atoms with Gasteiger partial charge >= 0.3 is 0 Å². The van der Waals surface area contributed by atoms with Gasteiger partial charge in [0, 0.05) is 26.0 Å². The molecule has 0 saturated heterocycles. The van der Waals surface area contributed by atoms with E-state index < -0.39 is 10.0 Å². The fourth-order valence-electron chi connectivity index (χ4n) is 2.01. The summed E-state index contributed by atoms with van der Waals surface area (Å²) < 4.78 is 25.1. The van der Waals surface area contributed by atoms with E-state index in [-0.39, 0.29) is 4.90 Å². The highest BCUT2D eigenvalue weighted by atomic mass is 32.2. The van der Waals surface area contributed by atoms with Crippen LogP contribution in [0.1, 0.15) is 11.1 Å². The van der Waals surface area contributed by atoms with Crippen molar-refractivity contribution in [1.82, 2.24) is 9.29 Å². The molecule has 0 radical (unpaired) electrons. The largest absolute Gasteiger partial charge is 0.340 e. The third-order valence-corrected chi connectivity index (χ3v) is 4.81. The molecule has 0 saturated carbocycles. The number of anilines is 2. The van der Waals surface area contributed by atoms with Gasteiger partial charge in [-0.25, -0.2) is 17.7 Å². The Morgan fingerprint density at radius 1 is 1.05 bits per heavy atom. The van der Waals surface area contributed by atoms with Crippen LogP contribution in [0.5, 0.6) is 0 Å². The number of hydrogen-bond acceptors (Lipinski definition) is 4. The molecule has 0 amide bonds. The maximum absolute atomic E-state index is 12.0. The predicted octanol–water partition coefficient (Wildman–Crippen LogP) is 2.69. The Bertz CT molecular complexity index is 718. The summed E-state index contributed by atoms with van der Waals surface area (Å²) in [5, 5.41) is 3.17. The molecule has 0 atom stereocenters. The fourth-order valence-corrected chi connectivity index (χ4v) is 2.86. The molecule has 0 aliphatic rings. The van der Waals surface area contributed by atoms with Crippen LogP contribution in [-0.2, 0) is 10.0 Å². The third kappa shape index (κ3) is 3.59. The van der Waals surface area contributed by atoms with Crippen molar-refractivity contribution >= 4 is 21.5 Å². The highest BCUT2D eigenvalue weighted by Gasteiger charge is 2.17. The molecule has 0 unspecified atom stereocenters. The predicted molar refractivity (Wildman–Crippen MR) is 84.3 cm³/mol. The molecule has 0 fully saturated rings. The lowest BCUT2D eigenvalue weighted by Crippen LogP contribution is -2.22. The van der Waals surface area contributed by atoms with Crippen molar-refractivity contribution < 1.29 is 8.42 Å². The summed E-state index contributed by atoms with van der Waals surface area (Å²) in [5.74, 6) is 0.609. The van der Waals surface area contributed by atoms with Crippen molar-refractivity contribution in [3.8, 4) is 0 Å². The van der Waals surface area contributed by atoms with Crippen LogP contribution < -0.4 is 5.32 Å².